The molecule has 2 aromatic rings. The summed E-state index contributed by atoms with van der Waals surface area (Å²) >= 11 is 0. The fraction of sp³-hybridized carbons (Fsp3) is 0.176. The first-order valence-electron chi connectivity index (χ1n) is 6.40. The Morgan fingerprint density at radius 1 is 1.10 bits per heavy atom. The molecule has 0 aliphatic heterocycles. The summed E-state index contributed by atoms with van der Waals surface area (Å²) in [5.74, 6) is 2.54. The largest absolute Gasteiger partial charge is 0.416 e. The lowest BCUT2D eigenvalue weighted by Gasteiger charge is -2.17. The summed E-state index contributed by atoms with van der Waals surface area (Å²) in [5, 5.41) is 3.21. The molecule has 0 spiro atoms. The minimum atomic E-state index is -4.31. The zero-order chi connectivity index (χ0) is 15.5. The summed E-state index contributed by atoms with van der Waals surface area (Å²) in [6, 6.07) is 12.3. The van der Waals surface area contributed by atoms with E-state index in [1.165, 1.54) is 12.1 Å². The number of anilines is 1. The molecule has 108 valence electrons. The van der Waals surface area contributed by atoms with Gasteiger partial charge in [-0.15, -0.1) is 6.42 Å². The molecule has 2 aromatic carbocycles. The van der Waals surface area contributed by atoms with Crippen molar-refractivity contribution in [2.24, 2.45) is 0 Å². The van der Waals surface area contributed by atoms with Crippen LogP contribution in [0.1, 0.15) is 29.7 Å². The van der Waals surface area contributed by atoms with Crippen LogP contribution >= 0.6 is 0 Å². The highest BCUT2D eigenvalue weighted by Gasteiger charge is 2.30. The van der Waals surface area contributed by atoms with Gasteiger partial charge in [-0.25, -0.2) is 0 Å². The number of terminal acetylenes is 1. The van der Waals surface area contributed by atoms with Crippen molar-refractivity contribution >= 4 is 5.69 Å². The van der Waals surface area contributed by atoms with Crippen molar-refractivity contribution in [2.45, 2.75) is 19.1 Å². The Hall–Kier alpha value is -2.41. The van der Waals surface area contributed by atoms with Gasteiger partial charge >= 0.3 is 6.18 Å². The monoisotopic (exact) mass is 289 g/mol. The predicted octanol–water partition coefficient (Wildman–Crippen LogP) is 4.86. The second-order valence-electron chi connectivity index (χ2n) is 4.71. The molecule has 0 radical (unpaired) electrons. The minimum Gasteiger partial charge on any atom is -0.378 e. The van der Waals surface area contributed by atoms with E-state index in [2.05, 4.69) is 11.2 Å². The van der Waals surface area contributed by atoms with Crippen molar-refractivity contribution in [3.8, 4) is 12.3 Å². The third kappa shape index (κ3) is 3.79. The van der Waals surface area contributed by atoms with E-state index in [1.54, 1.807) is 0 Å². The highest BCUT2D eigenvalue weighted by Crippen LogP contribution is 2.30. The van der Waals surface area contributed by atoms with Crippen molar-refractivity contribution in [1.29, 1.82) is 0 Å². The van der Waals surface area contributed by atoms with Crippen LogP contribution in [0.15, 0.2) is 48.5 Å². The Morgan fingerprint density at radius 3 is 2.33 bits per heavy atom. The van der Waals surface area contributed by atoms with Crippen LogP contribution in [0.4, 0.5) is 18.9 Å². The first-order valence-corrected chi connectivity index (χ1v) is 6.40. The number of nitrogens with one attached hydrogen (secondary N) is 1. The second kappa shape index (κ2) is 5.92. The molecule has 0 saturated carbocycles. The molecular weight excluding hydrogens is 275 g/mol. The van der Waals surface area contributed by atoms with Crippen LogP contribution in [0.5, 0.6) is 0 Å². The van der Waals surface area contributed by atoms with E-state index < -0.39 is 11.7 Å². The van der Waals surface area contributed by atoms with Crippen LogP contribution in [-0.4, -0.2) is 0 Å². The van der Waals surface area contributed by atoms with Crippen LogP contribution in [-0.2, 0) is 6.18 Å². The summed E-state index contributed by atoms with van der Waals surface area (Å²) in [5.41, 5.74) is 1.71. The Balaban J connectivity index is 2.13. The molecule has 1 atom stereocenters. The number of hydrogen-bond acceptors (Lipinski definition) is 1. The van der Waals surface area contributed by atoms with Gasteiger partial charge in [0, 0.05) is 17.3 Å². The van der Waals surface area contributed by atoms with E-state index in [-0.39, 0.29) is 6.04 Å². The molecule has 1 unspecified atom stereocenters. The Bertz CT molecular complexity index is 651. The van der Waals surface area contributed by atoms with E-state index in [1.807, 2.05) is 31.2 Å². The van der Waals surface area contributed by atoms with Crippen LogP contribution < -0.4 is 5.32 Å². The standard InChI is InChI=1S/C17H14F3N/c1-3-13-5-4-6-16(11-13)21-12(2)14-7-9-15(10-8-14)17(18,19)20/h1,4-12,21H,2H3. The minimum absolute atomic E-state index is 0.125. The van der Waals surface area contributed by atoms with Gasteiger partial charge in [0.15, 0.2) is 0 Å². The van der Waals surface area contributed by atoms with Crippen LogP contribution in [0.3, 0.4) is 0 Å². The molecule has 0 heterocycles. The van der Waals surface area contributed by atoms with Gasteiger partial charge in [-0.2, -0.15) is 13.2 Å². The summed E-state index contributed by atoms with van der Waals surface area (Å²) < 4.78 is 37.5. The molecule has 0 amide bonds. The molecule has 0 aliphatic carbocycles. The van der Waals surface area contributed by atoms with Crippen LogP contribution in [0.2, 0.25) is 0 Å². The van der Waals surface area contributed by atoms with E-state index in [9.17, 15) is 13.2 Å². The van der Waals surface area contributed by atoms with Crippen molar-refractivity contribution in [3.05, 3.63) is 65.2 Å². The van der Waals surface area contributed by atoms with Gasteiger partial charge in [-0.05, 0) is 42.8 Å². The Labute approximate surface area is 121 Å². The SMILES string of the molecule is C#Cc1cccc(NC(C)c2ccc(C(F)(F)F)cc2)c1. The molecular formula is C17H14F3N. The van der Waals surface area contributed by atoms with E-state index in [4.69, 9.17) is 6.42 Å². The van der Waals surface area contributed by atoms with Gasteiger partial charge in [-0.3, -0.25) is 0 Å². The average molecular weight is 289 g/mol. The average Bonchev–Trinajstić information content (AvgIpc) is 2.46. The smallest absolute Gasteiger partial charge is 0.378 e. The zero-order valence-corrected chi connectivity index (χ0v) is 11.4. The second-order valence-corrected chi connectivity index (χ2v) is 4.71. The van der Waals surface area contributed by atoms with Crippen molar-refractivity contribution in [1.82, 2.24) is 0 Å². The van der Waals surface area contributed by atoms with Gasteiger partial charge in [0.2, 0.25) is 0 Å². The molecule has 1 N–H and O–H groups in total. The first-order chi connectivity index (χ1) is 9.90. The molecule has 2 rings (SSSR count). The molecule has 0 aromatic heterocycles. The first kappa shape index (κ1) is 15.0. The normalized spacial score (nSPS) is 12.5. The van der Waals surface area contributed by atoms with E-state index >= 15 is 0 Å². The third-order valence-electron chi connectivity index (χ3n) is 3.15. The number of hydrogen-bond donors (Lipinski definition) is 1. The van der Waals surface area contributed by atoms with E-state index in [0.717, 1.165) is 28.9 Å². The summed E-state index contributed by atoms with van der Waals surface area (Å²) in [7, 11) is 0. The summed E-state index contributed by atoms with van der Waals surface area (Å²) in [4.78, 5) is 0. The maximum Gasteiger partial charge on any atom is 0.416 e. The lowest BCUT2D eigenvalue weighted by molar-refractivity contribution is -0.137. The lowest BCUT2D eigenvalue weighted by atomic mass is 10.1. The number of alkyl halides is 3. The molecule has 0 bridgehead atoms. The molecule has 21 heavy (non-hydrogen) atoms. The molecule has 1 nitrogen and oxygen atoms in total. The fourth-order valence-corrected chi connectivity index (χ4v) is 1.99. The molecule has 0 fully saturated rings. The fourth-order valence-electron chi connectivity index (χ4n) is 1.99. The third-order valence-corrected chi connectivity index (χ3v) is 3.15. The highest BCUT2D eigenvalue weighted by molar-refractivity contribution is 5.51. The molecule has 4 heteroatoms. The molecule has 0 saturated heterocycles. The van der Waals surface area contributed by atoms with Gasteiger partial charge in [0.25, 0.3) is 0 Å². The predicted molar refractivity (Wildman–Crippen MR) is 77.9 cm³/mol. The maximum atomic E-state index is 12.5. The topological polar surface area (TPSA) is 12.0 Å². The zero-order valence-electron chi connectivity index (χ0n) is 11.4. The maximum absolute atomic E-state index is 12.5. The Morgan fingerprint density at radius 2 is 1.76 bits per heavy atom. The van der Waals surface area contributed by atoms with Gasteiger partial charge < -0.3 is 5.32 Å². The summed E-state index contributed by atoms with van der Waals surface area (Å²) in [6.45, 7) is 1.88. The van der Waals surface area contributed by atoms with Gasteiger partial charge in [0.05, 0.1) is 5.56 Å². The Kier molecular flexibility index (Phi) is 4.23. The lowest BCUT2D eigenvalue weighted by Crippen LogP contribution is -2.08. The van der Waals surface area contributed by atoms with E-state index in [0.29, 0.717) is 0 Å². The quantitative estimate of drug-likeness (QED) is 0.796. The summed E-state index contributed by atoms with van der Waals surface area (Å²) in [6.07, 6.45) is 1.02. The number of halogens is 3. The number of benzene rings is 2. The van der Waals surface area contributed by atoms with Crippen LogP contribution in [0.25, 0.3) is 0 Å². The molecule has 0 aliphatic rings. The van der Waals surface area contributed by atoms with Crippen molar-refractivity contribution in [3.63, 3.8) is 0 Å². The van der Waals surface area contributed by atoms with Crippen molar-refractivity contribution in [2.75, 3.05) is 5.32 Å². The number of rotatable bonds is 3. The van der Waals surface area contributed by atoms with Gasteiger partial charge in [-0.1, -0.05) is 24.1 Å². The van der Waals surface area contributed by atoms with Crippen molar-refractivity contribution < 1.29 is 13.2 Å². The van der Waals surface area contributed by atoms with Crippen LogP contribution in [0, 0.1) is 12.3 Å². The highest BCUT2D eigenvalue weighted by atomic mass is 19.4. The van der Waals surface area contributed by atoms with Gasteiger partial charge in [0.1, 0.15) is 0 Å².